The van der Waals surface area contributed by atoms with Crippen molar-refractivity contribution in [1.29, 1.82) is 0 Å². The molecular formula is C13H13N3O4S. The van der Waals surface area contributed by atoms with Crippen LogP contribution in [0.2, 0.25) is 0 Å². The molecule has 0 atom stereocenters. The van der Waals surface area contributed by atoms with Gasteiger partial charge in [-0.1, -0.05) is 18.2 Å². The summed E-state index contributed by atoms with van der Waals surface area (Å²) in [6, 6.07) is 10.7. The van der Waals surface area contributed by atoms with E-state index in [-0.39, 0.29) is 17.0 Å². The number of hydrogen-bond donors (Lipinski definition) is 3. The number of anilines is 1. The van der Waals surface area contributed by atoms with Gasteiger partial charge in [-0.3, -0.25) is 4.79 Å². The standard InChI is InChI=1S/C13H13N3O4S/c14-10-6-8(13(15)17)7-11(21(16,18)19)12(10)20-9-4-2-1-3-5-9/h1-7H,14H2,(H2,15,17)(H2,16,18,19). The Hall–Kier alpha value is -2.58. The van der Waals surface area contributed by atoms with Gasteiger partial charge in [0.05, 0.1) is 5.69 Å². The fourth-order valence-corrected chi connectivity index (χ4v) is 2.40. The fraction of sp³-hybridized carbons (Fsp3) is 0. The maximum Gasteiger partial charge on any atom is 0.248 e. The third kappa shape index (κ3) is 3.30. The van der Waals surface area contributed by atoms with Crippen molar-refractivity contribution in [2.24, 2.45) is 10.9 Å². The highest BCUT2D eigenvalue weighted by Crippen LogP contribution is 2.34. The zero-order chi connectivity index (χ0) is 15.6. The number of para-hydroxylation sites is 1. The van der Waals surface area contributed by atoms with E-state index in [0.29, 0.717) is 5.75 Å². The average Bonchev–Trinajstić information content (AvgIpc) is 2.40. The summed E-state index contributed by atoms with van der Waals surface area (Å²) in [6.07, 6.45) is 0. The molecule has 0 radical (unpaired) electrons. The minimum Gasteiger partial charge on any atom is -0.454 e. The zero-order valence-corrected chi connectivity index (χ0v) is 11.6. The van der Waals surface area contributed by atoms with Gasteiger partial charge in [0.2, 0.25) is 15.9 Å². The van der Waals surface area contributed by atoms with Crippen LogP contribution < -0.4 is 21.3 Å². The minimum absolute atomic E-state index is 0.0563. The topological polar surface area (TPSA) is 138 Å². The Bertz CT molecular complexity index is 789. The number of amides is 1. The number of carbonyl (C=O) groups is 1. The highest BCUT2D eigenvalue weighted by atomic mass is 32.2. The van der Waals surface area contributed by atoms with Crippen molar-refractivity contribution in [2.75, 3.05) is 5.73 Å². The molecule has 0 spiro atoms. The smallest absolute Gasteiger partial charge is 0.248 e. The summed E-state index contributed by atoms with van der Waals surface area (Å²) in [5.74, 6) is -0.590. The van der Waals surface area contributed by atoms with Crippen LogP contribution >= 0.6 is 0 Å². The van der Waals surface area contributed by atoms with E-state index in [4.69, 9.17) is 21.3 Å². The van der Waals surface area contributed by atoms with Gasteiger partial charge in [0.15, 0.2) is 5.75 Å². The van der Waals surface area contributed by atoms with E-state index in [0.717, 1.165) is 6.07 Å². The maximum absolute atomic E-state index is 11.7. The lowest BCUT2D eigenvalue weighted by Gasteiger charge is -2.13. The van der Waals surface area contributed by atoms with Crippen molar-refractivity contribution in [1.82, 2.24) is 0 Å². The van der Waals surface area contributed by atoms with Gasteiger partial charge in [-0.05, 0) is 24.3 Å². The van der Waals surface area contributed by atoms with E-state index in [1.54, 1.807) is 30.3 Å². The van der Waals surface area contributed by atoms with Crippen LogP contribution in [0.1, 0.15) is 10.4 Å². The molecule has 0 saturated carbocycles. The highest BCUT2D eigenvalue weighted by molar-refractivity contribution is 7.89. The van der Waals surface area contributed by atoms with Crippen LogP contribution in [-0.4, -0.2) is 14.3 Å². The van der Waals surface area contributed by atoms with Crippen LogP contribution in [-0.2, 0) is 10.0 Å². The van der Waals surface area contributed by atoms with Crippen molar-refractivity contribution < 1.29 is 17.9 Å². The normalized spacial score (nSPS) is 11.1. The molecule has 0 unspecified atom stereocenters. The number of primary sulfonamides is 1. The number of benzene rings is 2. The molecule has 0 heterocycles. The lowest BCUT2D eigenvalue weighted by Crippen LogP contribution is -2.17. The Balaban J connectivity index is 2.62. The van der Waals surface area contributed by atoms with Crippen LogP contribution in [0, 0.1) is 0 Å². The number of carbonyl (C=O) groups excluding carboxylic acids is 1. The molecule has 2 aromatic carbocycles. The monoisotopic (exact) mass is 307 g/mol. The summed E-state index contributed by atoms with van der Waals surface area (Å²) < 4.78 is 28.8. The minimum atomic E-state index is -4.14. The van der Waals surface area contributed by atoms with Crippen LogP contribution in [0.3, 0.4) is 0 Å². The summed E-state index contributed by atoms with van der Waals surface area (Å²) in [7, 11) is -4.14. The first-order chi connectivity index (χ1) is 9.79. The van der Waals surface area contributed by atoms with Gasteiger partial charge in [0.25, 0.3) is 0 Å². The van der Waals surface area contributed by atoms with Gasteiger partial charge in [0.1, 0.15) is 10.6 Å². The van der Waals surface area contributed by atoms with E-state index in [2.05, 4.69) is 0 Å². The van der Waals surface area contributed by atoms with Gasteiger partial charge in [0, 0.05) is 5.56 Å². The zero-order valence-electron chi connectivity index (χ0n) is 10.8. The summed E-state index contributed by atoms with van der Waals surface area (Å²) in [5.41, 5.74) is 10.7. The summed E-state index contributed by atoms with van der Waals surface area (Å²) in [5, 5.41) is 5.13. The van der Waals surface area contributed by atoms with Gasteiger partial charge < -0.3 is 16.2 Å². The predicted molar refractivity (Wildman–Crippen MR) is 77.3 cm³/mol. The number of nitrogens with two attached hydrogens (primary N) is 3. The van der Waals surface area contributed by atoms with Crippen LogP contribution in [0.25, 0.3) is 0 Å². The maximum atomic E-state index is 11.7. The molecule has 0 aliphatic rings. The molecule has 0 fully saturated rings. The molecule has 0 aromatic heterocycles. The Kier molecular flexibility index (Phi) is 3.83. The number of sulfonamides is 1. The fourth-order valence-electron chi connectivity index (χ4n) is 1.69. The van der Waals surface area contributed by atoms with Crippen LogP contribution in [0.5, 0.6) is 11.5 Å². The third-order valence-corrected chi connectivity index (χ3v) is 3.55. The molecule has 7 nitrogen and oxygen atoms in total. The Morgan fingerprint density at radius 2 is 1.71 bits per heavy atom. The Morgan fingerprint density at radius 1 is 1.10 bits per heavy atom. The second-order valence-electron chi connectivity index (χ2n) is 4.22. The van der Waals surface area contributed by atoms with Crippen molar-refractivity contribution in [3.05, 3.63) is 48.0 Å². The molecule has 21 heavy (non-hydrogen) atoms. The van der Waals surface area contributed by atoms with Gasteiger partial charge >= 0.3 is 0 Å². The molecule has 2 rings (SSSR count). The first-order valence-electron chi connectivity index (χ1n) is 5.78. The summed E-state index contributed by atoms with van der Waals surface area (Å²) in [4.78, 5) is 10.8. The molecule has 6 N–H and O–H groups in total. The first-order valence-corrected chi connectivity index (χ1v) is 7.32. The number of hydrogen-bond acceptors (Lipinski definition) is 5. The Morgan fingerprint density at radius 3 is 2.24 bits per heavy atom. The molecule has 0 bridgehead atoms. The summed E-state index contributed by atoms with van der Waals surface area (Å²) >= 11 is 0. The van der Waals surface area contributed by atoms with Gasteiger partial charge in [-0.15, -0.1) is 0 Å². The van der Waals surface area contributed by atoms with E-state index < -0.39 is 20.8 Å². The molecule has 0 aliphatic heterocycles. The number of primary amides is 1. The number of nitrogen functional groups attached to an aromatic ring is 1. The van der Waals surface area contributed by atoms with Crippen LogP contribution in [0.15, 0.2) is 47.4 Å². The number of rotatable bonds is 4. The number of ether oxygens (including phenoxy) is 1. The summed E-state index contributed by atoms with van der Waals surface area (Å²) in [6.45, 7) is 0. The second-order valence-corrected chi connectivity index (χ2v) is 5.75. The van der Waals surface area contributed by atoms with Gasteiger partial charge in [-0.2, -0.15) is 0 Å². The highest BCUT2D eigenvalue weighted by Gasteiger charge is 2.21. The molecule has 1 amide bonds. The predicted octanol–water partition coefficient (Wildman–Crippen LogP) is 0.807. The van der Waals surface area contributed by atoms with E-state index >= 15 is 0 Å². The third-order valence-electron chi connectivity index (χ3n) is 2.64. The first kappa shape index (κ1) is 14.8. The Labute approximate surface area is 121 Å². The lowest BCUT2D eigenvalue weighted by atomic mass is 10.2. The van der Waals surface area contributed by atoms with Crippen molar-refractivity contribution in [3.63, 3.8) is 0 Å². The van der Waals surface area contributed by atoms with Crippen molar-refractivity contribution >= 4 is 21.6 Å². The van der Waals surface area contributed by atoms with Gasteiger partial charge in [-0.25, -0.2) is 13.6 Å². The largest absolute Gasteiger partial charge is 0.454 e. The molecule has 0 saturated heterocycles. The van der Waals surface area contributed by atoms with E-state index in [9.17, 15) is 13.2 Å². The van der Waals surface area contributed by atoms with Crippen LogP contribution in [0.4, 0.5) is 5.69 Å². The van der Waals surface area contributed by atoms with Crippen molar-refractivity contribution in [2.45, 2.75) is 4.90 Å². The average molecular weight is 307 g/mol. The molecule has 0 aliphatic carbocycles. The SMILES string of the molecule is NC(=O)c1cc(N)c(Oc2ccccc2)c(S(N)(=O)=O)c1. The molecule has 8 heteroatoms. The van der Waals surface area contributed by atoms with E-state index in [1.165, 1.54) is 6.07 Å². The lowest BCUT2D eigenvalue weighted by molar-refractivity contribution is 0.1000. The second kappa shape index (κ2) is 5.43. The molecule has 110 valence electrons. The quantitative estimate of drug-likeness (QED) is 0.717. The van der Waals surface area contributed by atoms with E-state index in [1.807, 2.05) is 0 Å². The molecule has 2 aromatic rings. The van der Waals surface area contributed by atoms with Crippen molar-refractivity contribution in [3.8, 4) is 11.5 Å². The molecular weight excluding hydrogens is 294 g/mol.